The Morgan fingerprint density at radius 1 is 1.04 bits per heavy atom. The molecule has 3 rings (SSSR count). The number of hydrogen-bond donors (Lipinski definition) is 1. The lowest BCUT2D eigenvalue weighted by molar-refractivity contribution is -0.107. The van der Waals surface area contributed by atoms with Crippen LogP contribution in [0, 0.1) is 0 Å². The number of carbonyl (C=O) groups excluding carboxylic acids is 1. The molecule has 8 nitrogen and oxygen atoms in total. The van der Waals surface area contributed by atoms with Crippen molar-refractivity contribution >= 4 is 27.8 Å². The van der Waals surface area contributed by atoms with E-state index in [2.05, 4.69) is 4.72 Å². The Morgan fingerprint density at radius 2 is 1.70 bits per heavy atom. The van der Waals surface area contributed by atoms with Crippen molar-refractivity contribution in [1.82, 2.24) is 0 Å². The van der Waals surface area contributed by atoms with Crippen molar-refractivity contribution < 1.29 is 27.4 Å². The van der Waals surface area contributed by atoms with E-state index in [1.807, 2.05) is 0 Å². The number of fused-ring (bicyclic) bond motifs is 1. The predicted molar refractivity (Wildman–Crippen MR) is 100 cm³/mol. The first kappa shape index (κ1) is 18.8. The Labute approximate surface area is 157 Å². The summed E-state index contributed by atoms with van der Waals surface area (Å²) in [5.41, 5.74) is 1.83. The number of anilines is 2. The van der Waals surface area contributed by atoms with Gasteiger partial charge in [0.1, 0.15) is 0 Å². The summed E-state index contributed by atoms with van der Waals surface area (Å²) >= 11 is 0. The molecule has 2 aromatic rings. The summed E-state index contributed by atoms with van der Waals surface area (Å²) in [5.74, 6) is 1.05. The van der Waals surface area contributed by atoms with Crippen LogP contribution in [0.1, 0.15) is 5.56 Å². The van der Waals surface area contributed by atoms with Gasteiger partial charge in [0, 0.05) is 24.4 Å². The van der Waals surface area contributed by atoms with Gasteiger partial charge in [0.2, 0.25) is 12.2 Å². The fourth-order valence-electron chi connectivity index (χ4n) is 3.03. The van der Waals surface area contributed by atoms with Crippen LogP contribution in [-0.4, -0.2) is 42.7 Å². The van der Waals surface area contributed by atoms with Crippen LogP contribution in [-0.2, 0) is 21.2 Å². The minimum atomic E-state index is -3.84. The predicted octanol–water partition coefficient (Wildman–Crippen LogP) is 2.03. The molecule has 0 atom stereocenters. The SMILES string of the molecule is COc1cc(NS(=O)(=O)c2ccc3c(c2)CCN3C=O)cc(OC)c1OC. The summed E-state index contributed by atoms with van der Waals surface area (Å²) < 4.78 is 43.9. The Kier molecular flexibility index (Phi) is 5.13. The molecule has 0 aliphatic carbocycles. The van der Waals surface area contributed by atoms with E-state index in [0.29, 0.717) is 30.2 Å². The van der Waals surface area contributed by atoms with Gasteiger partial charge in [-0.05, 0) is 30.2 Å². The van der Waals surface area contributed by atoms with Crippen LogP contribution in [0.3, 0.4) is 0 Å². The molecule has 0 spiro atoms. The zero-order chi connectivity index (χ0) is 19.6. The lowest BCUT2D eigenvalue weighted by Crippen LogP contribution is -2.17. The number of amides is 1. The molecule has 1 N–H and O–H groups in total. The minimum Gasteiger partial charge on any atom is -0.493 e. The molecule has 1 aliphatic rings. The quantitative estimate of drug-likeness (QED) is 0.725. The Morgan fingerprint density at radius 3 is 2.26 bits per heavy atom. The molecule has 0 bridgehead atoms. The topological polar surface area (TPSA) is 94.2 Å². The molecule has 0 unspecified atom stereocenters. The van der Waals surface area contributed by atoms with Gasteiger partial charge in [0.25, 0.3) is 10.0 Å². The van der Waals surface area contributed by atoms with Gasteiger partial charge in [-0.25, -0.2) is 8.42 Å². The van der Waals surface area contributed by atoms with Crippen molar-refractivity contribution in [1.29, 1.82) is 0 Å². The standard InChI is InChI=1S/C18H20N2O6S/c1-24-16-9-13(10-17(25-2)18(16)26-3)19-27(22,23)14-4-5-15-12(8-14)6-7-20(15)11-21/h4-5,8-11,19H,6-7H2,1-3H3. The first-order chi connectivity index (χ1) is 12.9. The average molecular weight is 392 g/mol. The first-order valence-corrected chi connectivity index (χ1v) is 9.59. The molecule has 0 saturated carbocycles. The van der Waals surface area contributed by atoms with Crippen molar-refractivity contribution in [3.8, 4) is 17.2 Å². The summed E-state index contributed by atoms with van der Waals surface area (Å²) in [7, 11) is 0.539. The van der Waals surface area contributed by atoms with Crippen LogP contribution >= 0.6 is 0 Å². The molecule has 0 fully saturated rings. The lowest BCUT2D eigenvalue weighted by Gasteiger charge is -2.16. The van der Waals surface area contributed by atoms with Crippen molar-refractivity contribution in [3.05, 3.63) is 35.9 Å². The third kappa shape index (κ3) is 3.50. The molecule has 27 heavy (non-hydrogen) atoms. The summed E-state index contributed by atoms with van der Waals surface area (Å²) in [6.45, 7) is 0.544. The number of benzene rings is 2. The molecule has 1 amide bonds. The smallest absolute Gasteiger partial charge is 0.261 e. The van der Waals surface area contributed by atoms with Crippen LogP contribution in [0.2, 0.25) is 0 Å². The third-order valence-corrected chi connectivity index (χ3v) is 5.72. The van der Waals surface area contributed by atoms with Gasteiger partial charge in [-0.2, -0.15) is 0 Å². The van der Waals surface area contributed by atoms with Gasteiger partial charge in [-0.3, -0.25) is 9.52 Å². The maximum Gasteiger partial charge on any atom is 0.261 e. The zero-order valence-corrected chi connectivity index (χ0v) is 16.0. The Bertz CT molecular complexity index is 949. The van der Waals surface area contributed by atoms with E-state index < -0.39 is 10.0 Å². The maximum absolute atomic E-state index is 12.8. The van der Waals surface area contributed by atoms with E-state index in [0.717, 1.165) is 17.7 Å². The van der Waals surface area contributed by atoms with Crippen LogP contribution in [0.25, 0.3) is 0 Å². The number of sulfonamides is 1. The molecular formula is C18H20N2O6S. The van der Waals surface area contributed by atoms with Gasteiger partial charge >= 0.3 is 0 Å². The molecule has 9 heteroatoms. The molecule has 2 aromatic carbocycles. The summed E-state index contributed by atoms with van der Waals surface area (Å²) in [4.78, 5) is 12.7. The Balaban J connectivity index is 1.95. The maximum atomic E-state index is 12.8. The largest absolute Gasteiger partial charge is 0.493 e. The molecule has 1 heterocycles. The number of ether oxygens (including phenoxy) is 3. The molecule has 0 saturated heterocycles. The van der Waals surface area contributed by atoms with E-state index in [4.69, 9.17) is 14.2 Å². The van der Waals surface area contributed by atoms with Gasteiger partial charge in [0.05, 0.1) is 31.9 Å². The van der Waals surface area contributed by atoms with Crippen molar-refractivity contribution in [2.24, 2.45) is 0 Å². The van der Waals surface area contributed by atoms with Gasteiger partial charge in [-0.15, -0.1) is 0 Å². The van der Waals surface area contributed by atoms with E-state index in [1.54, 1.807) is 17.0 Å². The van der Waals surface area contributed by atoms with Crippen LogP contribution in [0.5, 0.6) is 17.2 Å². The zero-order valence-electron chi connectivity index (χ0n) is 15.2. The monoisotopic (exact) mass is 392 g/mol. The molecule has 0 radical (unpaired) electrons. The first-order valence-electron chi connectivity index (χ1n) is 8.11. The number of rotatable bonds is 7. The van der Waals surface area contributed by atoms with Crippen LogP contribution < -0.4 is 23.8 Å². The highest BCUT2D eigenvalue weighted by atomic mass is 32.2. The van der Waals surface area contributed by atoms with Crippen molar-refractivity contribution in [2.75, 3.05) is 37.5 Å². The fourth-order valence-corrected chi connectivity index (χ4v) is 4.13. The number of methoxy groups -OCH3 is 3. The fraction of sp³-hybridized carbons (Fsp3) is 0.278. The number of nitrogens with zero attached hydrogens (tertiary/aromatic N) is 1. The normalized spacial score (nSPS) is 13.1. The van der Waals surface area contributed by atoms with Crippen LogP contribution in [0.15, 0.2) is 35.2 Å². The number of hydrogen-bond acceptors (Lipinski definition) is 6. The summed E-state index contributed by atoms with van der Waals surface area (Å²) in [6, 6.07) is 7.72. The van der Waals surface area contributed by atoms with Gasteiger partial charge in [0.15, 0.2) is 11.5 Å². The van der Waals surface area contributed by atoms with Gasteiger partial charge < -0.3 is 19.1 Å². The second-order valence-electron chi connectivity index (χ2n) is 5.86. The van der Waals surface area contributed by atoms with Gasteiger partial charge in [-0.1, -0.05) is 0 Å². The highest BCUT2D eigenvalue weighted by Gasteiger charge is 2.23. The van der Waals surface area contributed by atoms with Crippen molar-refractivity contribution in [2.45, 2.75) is 11.3 Å². The minimum absolute atomic E-state index is 0.114. The molecule has 0 aromatic heterocycles. The molecule has 144 valence electrons. The second kappa shape index (κ2) is 7.36. The molecular weight excluding hydrogens is 372 g/mol. The van der Waals surface area contributed by atoms with E-state index in [9.17, 15) is 13.2 Å². The average Bonchev–Trinajstić information content (AvgIpc) is 3.09. The highest BCUT2D eigenvalue weighted by Crippen LogP contribution is 2.40. The van der Waals surface area contributed by atoms with E-state index in [-0.39, 0.29) is 10.6 Å². The van der Waals surface area contributed by atoms with Crippen molar-refractivity contribution in [3.63, 3.8) is 0 Å². The number of nitrogens with one attached hydrogen (secondary N) is 1. The summed E-state index contributed by atoms with van der Waals surface area (Å²) in [5, 5.41) is 0. The van der Waals surface area contributed by atoms with E-state index in [1.165, 1.54) is 39.5 Å². The highest BCUT2D eigenvalue weighted by molar-refractivity contribution is 7.92. The third-order valence-electron chi connectivity index (χ3n) is 4.34. The second-order valence-corrected chi connectivity index (χ2v) is 7.54. The lowest BCUT2D eigenvalue weighted by atomic mass is 10.2. The summed E-state index contributed by atoms with van der Waals surface area (Å²) in [6.07, 6.45) is 1.36. The Hall–Kier alpha value is -2.94. The van der Waals surface area contributed by atoms with Crippen LogP contribution in [0.4, 0.5) is 11.4 Å². The van der Waals surface area contributed by atoms with E-state index >= 15 is 0 Å². The number of carbonyl (C=O) groups is 1. The molecule has 1 aliphatic heterocycles.